The van der Waals surface area contributed by atoms with E-state index in [9.17, 15) is 24.8 Å². The first-order chi connectivity index (χ1) is 11.4. The molecule has 0 saturated carbocycles. The van der Waals surface area contributed by atoms with E-state index in [1.54, 1.807) is 0 Å². The van der Waals surface area contributed by atoms with Crippen molar-refractivity contribution in [2.45, 2.75) is 12.8 Å². The summed E-state index contributed by atoms with van der Waals surface area (Å²) in [6.07, 6.45) is 0.533. The third kappa shape index (κ3) is 3.62. The van der Waals surface area contributed by atoms with Crippen molar-refractivity contribution in [1.29, 1.82) is 0 Å². The Kier molecular flexibility index (Phi) is 5.35. The predicted molar refractivity (Wildman–Crippen MR) is 82.1 cm³/mol. The zero-order chi connectivity index (χ0) is 17.7. The molecule has 0 bridgehead atoms. The number of nitro benzene ring substituents is 1. The average Bonchev–Trinajstić information content (AvgIpc) is 2.59. The first kappa shape index (κ1) is 17.7. The van der Waals surface area contributed by atoms with E-state index in [2.05, 4.69) is 5.32 Å². The molecule has 9 nitrogen and oxygen atoms in total. The number of carbonyl (C=O) groups excluding carboxylic acids is 1. The number of carbonyl (C=O) groups is 2. The molecule has 1 heterocycles. The van der Waals surface area contributed by atoms with Crippen LogP contribution in [0.5, 0.6) is 5.75 Å². The minimum atomic E-state index is -1.12. The summed E-state index contributed by atoms with van der Waals surface area (Å²) < 4.78 is 10.1. The van der Waals surface area contributed by atoms with Gasteiger partial charge in [0.1, 0.15) is 11.3 Å². The lowest BCUT2D eigenvalue weighted by molar-refractivity contribution is -0.385. The molecule has 0 aromatic heterocycles. The monoisotopic (exact) mass is 338 g/mol. The number of nitrogens with zero attached hydrogens (tertiary/aromatic N) is 1. The first-order valence-corrected chi connectivity index (χ1v) is 7.31. The van der Waals surface area contributed by atoms with Crippen molar-refractivity contribution in [2.75, 3.05) is 26.9 Å². The summed E-state index contributed by atoms with van der Waals surface area (Å²) in [5, 5.41) is 23.0. The fourth-order valence-electron chi connectivity index (χ4n) is 2.56. The van der Waals surface area contributed by atoms with Gasteiger partial charge in [0.15, 0.2) is 0 Å². The predicted octanol–water partition coefficient (Wildman–Crippen LogP) is 1.21. The van der Waals surface area contributed by atoms with Crippen molar-refractivity contribution in [3.63, 3.8) is 0 Å². The molecule has 1 aromatic carbocycles. The lowest BCUT2D eigenvalue weighted by Gasteiger charge is -2.33. The van der Waals surface area contributed by atoms with Gasteiger partial charge in [0, 0.05) is 25.8 Å². The van der Waals surface area contributed by atoms with Crippen molar-refractivity contribution in [1.82, 2.24) is 5.32 Å². The molecule has 0 radical (unpaired) electrons. The number of ether oxygens (including phenoxy) is 2. The number of nitrogens with one attached hydrogen (secondary N) is 1. The van der Waals surface area contributed by atoms with E-state index in [0.717, 1.165) is 0 Å². The summed E-state index contributed by atoms with van der Waals surface area (Å²) in [5.74, 6) is -1.44. The van der Waals surface area contributed by atoms with Crippen molar-refractivity contribution in [2.24, 2.45) is 5.41 Å². The zero-order valence-corrected chi connectivity index (χ0v) is 13.1. The number of aliphatic carboxylic acids is 1. The topological polar surface area (TPSA) is 128 Å². The number of rotatable bonds is 6. The lowest BCUT2D eigenvalue weighted by Crippen LogP contribution is -2.46. The van der Waals surface area contributed by atoms with Crippen LogP contribution in [0, 0.1) is 15.5 Å². The van der Waals surface area contributed by atoms with Crippen LogP contribution >= 0.6 is 0 Å². The standard InChI is InChI=1S/C15H18N2O7/c1-23-10-2-3-12(17(21)22)11(8-10)13(18)16-9-15(14(19)20)4-6-24-7-5-15/h2-3,8H,4-7,9H2,1H3,(H,16,18)(H,19,20). The molecule has 24 heavy (non-hydrogen) atoms. The molecule has 130 valence electrons. The molecule has 0 spiro atoms. The minimum Gasteiger partial charge on any atom is -0.497 e. The van der Waals surface area contributed by atoms with Gasteiger partial charge in [-0.2, -0.15) is 0 Å². The van der Waals surface area contributed by atoms with Crippen LogP contribution < -0.4 is 10.1 Å². The molecular weight excluding hydrogens is 320 g/mol. The van der Waals surface area contributed by atoms with E-state index >= 15 is 0 Å². The van der Waals surface area contributed by atoms with Crippen molar-refractivity contribution in [3.05, 3.63) is 33.9 Å². The molecule has 1 saturated heterocycles. The smallest absolute Gasteiger partial charge is 0.311 e. The van der Waals surface area contributed by atoms with Gasteiger partial charge in [0.05, 0.1) is 17.4 Å². The van der Waals surface area contributed by atoms with E-state index in [-0.39, 0.29) is 30.6 Å². The van der Waals surface area contributed by atoms with Crippen LogP contribution in [-0.2, 0) is 9.53 Å². The highest BCUT2D eigenvalue weighted by atomic mass is 16.6. The van der Waals surface area contributed by atoms with E-state index in [1.807, 2.05) is 0 Å². The second-order valence-corrected chi connectivity index (χ2v) is 5.52. The van der Waals surface area contributed by atoms with Gasteiger partial charge in [-0.1, -0.05) is 0 Å². The number of carboxylic acid groups (broad SMARTS) is 1. The molecule has 1 aliphatic rings. The SMILES string of the molecule is COc1ccc([N+](=O)[O-])c(C(=O)NCC2(C(=O)O)CCOCC2)c1. The Morgan fingerprint density at radius 2 is 2.08 bits per heavy atom. The fourth-order valence-corrected chi connectivity index (χ4v) is 2.56. The molecule has 2 N–H and O–H groups in total. The third-order valence-electron chi connectivity index (χ3n) is 4.14. The summed E-state index contributed by atoms with van der Waals surface area (Å²) in [7, 11) is 1.38. The highest BCUT2D eigenvalue weighted by Gasteiger charge is 2.40. The molecule has 0 unspecified atom stereocenters. The zero-order valence-electron chi connectivity index (χ0n) is 13.1. The van der Waals surface area contributed by atoms with E-state index < -0.39 is 22.2 Å². The van der Waals surface area contributed by atoms with Gasteiger partial charge in [0.25, 0.3) is 11.6 Å². The Morgan fingerprint density at radius 1 is 1.42 bits per heavy atom. The van der Waals surface area contributed by atoms with Crippen molar-refractivity contribution in [3.8, 4) is 5.75 Å². The Bertz CT molecular complexity index is 653. The van der Waals surface area contributed by atoms with Crippen LogP contribution in [-0.4, -0.2) is 48.8 Å². The second kappa shape index (κ2) is 7.26. The lowest BCUT2D eigenvalue weighted by atomic mass is 9.80. The number of carboxylic acids is 1. The van der Waals surface area contributed by atoms with Gasteiger partial charge >= 0.3 is 5.97 Å². The Balaban J connectivity index is 2.20. The first-order valence-electron chi connectivity index (χ1n) is 7.31. The maximum absolute atomic E-state index is 12.4. The number of nitro groups is 1. The molecule has 1 fully saturated rings. The Morgan fingerprint density at radius 3 is 2.62 bits per heavy atom. The summed E-state index contributed by atoms with van der Waals surface area (Å²) in [4.78, 5) is 34.3. The molecule has 0 aliphatic carbocycles. The van der Waals surface area contributed by atoms with Gasteiger partial charge in [-0.3, -0.25) is 19.7 Å². The molecule has 1 amide bonds. The van der Waals surface area contributed by atoms with Crippen LogP contribution in [0.1, 0.15) is 23.2 Å². The number of benzene rings is 1. The molecular formula is C15H18N2O7. The summed E-state index contributed by atoms with van der Waals surface area (Å²) in [6, 6.07) is 3.81. The van der Waals surface area contributed by atoms with E-state index in [4.69, 9.17) is 9.47 Å². The highest BCUT2D eigenvalue weighted by molar-refractivity contribution is 5.98. The molecule has 1 aliphatic heterocycles. The fraction of sp³-hybridized carbons (Fsp3) is 0.467. The summed E-state index contributed by atoms with van der Waals surface area (Å²) in [5.41, 5.74) is -1.67. The van der Waals surface area contributed by atoms with Gasteiger partial charge in [0.2, 0.25) is 0 Å². The van der Waals surface area contributed by atoms with Crippen molar-refractivity contribution >= 4 is 17.6 Å². The molecule has 9 heteroatoms. The largest absolute Gasteiger partial charge is 0.497 e. The Labute approximate surface area is 137 Å². The summed E-state index contributed by atoms with van der Waals surface area (Å²) in [6.45, 7) is 0.460. The Hall–Kier alpha value is -2.68. The minimum absolute atomic E-state index is 0.126. The van der Waals surface area contributed by atoms with Gasteiger partial charge in [-0.25, -0.2) is 0 Å². The van der Waals surface area contributed by atoms with E-state index in [1.165, 1.54) is 25.3 Å². The normalized spacial score (nSPS) is 16.2. The number of amides is 1. The summed E-state index contributed by atoms with van der Waals surface area (Å²) >= 11 is 0. The van der Waals surface area contributed by atoms with Crippen LogP contribution in [0.2, 0.25) is 0 Å². The van der Waals surface area contributed by atoms with Crippen LogP contribution in [0.3, 0.4) is 0 Å². The number of hydrogen-bond acceptors (Lipinski definition) is 6. The maximum Gasteiger partial charge on any atom is 0.311 e. The van der Waals surface area contributed by atoms with Crippen LogP contribution in [0.15, 0.2) is 18.2 Å². The average molecular weight is 338 g/mol. The molecule has 0 atom stereocenters. The van der Waals surface area contributed by atoms with Gasteiger partial charge in [-0.05, 0) is 25.0 Å². The van der Waals surface area contributed by atoms with Crippen LogP contribution in [0.4, 0.5) is 5.69 Å². The number of hydrogen-bond donors (Lipinski definition) is 2. The molecule has 2 rings (SSSR count). The van der Waals surface area contributed by atoms with Gasteiger partial charge < -0.3 is 19.9 Å². The van der Waals surface area contributed by atoms with Gasteiger partial charge in [-0.15, -0.1) is 0 Å². The molecule has 1 aromatic rings. The quantitative estimate of drug-likeness (QED) is 0.589. The van der Waals surface area contributed by atoms with E-state index in [0.29, 0.717) is 19.0 Å². The second-order valence-electron chi connectivity index (χ2n) is 5.52. The third-order valence-corrected chi connectivity index (χ3v) is 4.14. The van der Waals surface area contributed by atoms with Crippen molar-refractivity contribution < 1.29 is 29.1 Å². The highest BCUT2D eigenvalue weighted by Crippen LogP contribution is 2.30. The number of methoxy groups -OCH3 is 1. The van der Waals surface area contributed by atoms with Crippen LogP contribution in [0.25, 0.3) is 0 Å². The maximum atomic E-state index is 12.4.